The molecule has 2 aromatic carbocycles. The Morgan fingerprint density at radius 2 is 1.90 bits per heavy atom. The van der Waals surface area contributed by atoms with Gasteiger partial charge < -0.3 is 10.1 Å². The molecule has 0 radical (unpaired) electrons. The quantitative estimate of drug-likeness (QED) is 0.837. The highest BCUT2D eigenvalue weighted by Gasteiger charge is 2.02. The number of carbonyl (C=O) groups excluding carboxylic acids is 1. The number of nitrogens with one attached hydrogen (secondary N) is 1. The van der Waals surface area contributed by atoms with Gasteiger partial charge in [0, 0.05) is 22.7 Å². The maximum absolute atomic E-state index is 11.8. The molecule has 3 nitrogen and oxygen atoms in total. The van der Waals surface area contributed by atoms with E-state index in [0.29, 0.717) is 6.54 Å². The summed E-state index contributed by atoms with van der Waals surface area (Å²) in [7, 11) is 1.62. The van der Waals surface area contributed by atoms with Crippen molar-refractivity contribution in [3.63, 3.8) is 0 Å². The van der Waals surface area contributed by atoms with Crippen LogP contribution >= 0.6 is 15.9 Å². The van der Waals surface area contributed by atoms with Crippen molar-refractivity contribution in [2.75, 3.05) is 7.11 Å². The third-order valence-corrected chi connectivity index (χ3v) is 3.47. The van der Waals surface area contributed by atoms with E-state index < -0.39 is 0 Å². The smallest absolute Gasteiger partial charge is 0.244 e. The first-order valence-electron chi connectivity index (χ1n) is 6.52. The van der Waals surface area contributed by atoms with E-state index in [4.69, 9.17) is 4.74 Å². The molecule has 0 bridgehead atoms. The minimum atomic E-state index is -0.135. The second-order valence-electron chi connectivity index (χ2n) is 4.41. The van der Waals surface area contributed by atoms with Gasteiger partial charge in [0.1, 0.15) is 5.75 Å². The van der Waals surface area contributed by atoms with Crippen LogP contribution in [0.1, 0.15) is 11.1 Å². The Kier molecular flexibility index (Phi) is 5.58. The highest BCUT2D eigenvalue weighted by molar-refractivity contribution is 9.10. The van der Waals surface area contributed by atoms with Gasteiger partial charge in [0.05, 0.1) is 7.11 Å². The van der Waals surface area contributed by atoms with E-state index in [-0.39, 0.29) is 5.91 Å². The molecule has 0 fully saturated rings. The van der Waals surface area contributed by atoms with Crippen LogP contribution in [-0.2, 0) is 11.3 Å². The Morgan fingerprint density at radius 1 is 1.19 bits per heavy atom. The number of carbonyl (C=O) groups is 1. The molecule has 4 heteroatoms. The fourth-order valence-electron chi connectivity index (χ4n) is 1.84. The van der Waals surface area contributed by atoms with Crippen LogP contribution in [0.4, 0.5) is 0 Å². The van der Waals surface area contributed by atoms with Crippen molar-refractivity contribution in [2.45, 2.75) is 6.54 Å². The Morgan fingerprint density at radius 3 is 2.62 bits per heavy atom. The molecule has 0 spiro atoms. The summed E-state index contributed by atoms with van der Waals surface area (Å²) in [6, 6.07) is 15.4. The van der Waals surface area contributed by atoms with Gasteiger partial charge in [-0.3, -0.25) is 4.79 Å². The van der Waals surface area contributed by atoms with E-state index in [9.17, 15) is 4.79 Å². The first kappa shape index (κ1) is 15.3. The molecule has 0 aromatic heterocycles. The van der Waals surface area contributed by atoms with Crippen molar-refractivity contribution in [3.05, 3.63) is 70.2 Å². The molecule has 0 aliphatic rings. The molecule has 0 aliphatic heterocycles. The topological polar surface area (TPSA) is 38.3 Å². The van der Waals surface area contributed by atoms with Gasteiger partial charge >= 0.3 is 0 Å². The van der Waals surface area contributed by atoms with Crippen LogP contribution in [0.15, 0.2) is 59.1 Å². The zero-order valence-corrected chi connectivity index (χ0v) is 13.3. The number of para-hydroxylation sites is 1. The Balaban J connectivity index is 1.91. The average Bonchev–Trinajstić information content (AvgIpc) is 2.52. The highest BCUT2D eigenvalue weighted by Crippen LogP contribution is 2.16. The molecule has 21 heavy (non-hydrogen) atoms. The van der Waals surface area contributed by atoms with Gasteiger partial charge in [-0.05, 0) is 29.8 Å². The normalized spacial score (nSPS) is 10.6. The predicted molar refractivity (Wildman–Crippen MR) is 88.0 cm³/mol. The van der Waals surface area contributed by atoms with Gasteiger partial charge in [-0.25, -0.2) is 0 Å². The van der Waals surface area contributed by atoms with E-state index in [0.717, 1.165) is 21.3 Å². The summed E-state index contributed by atoms with van der Waals surface area (Å²) in [5.74, 6) is 0.638. The molecular weight excluding hydrogens is 330 g/mol. The second-order valence-corrected chi connectivity index (χ2v) is 5.33. The maximum atomic E-state index is 11.8. The zero-order chi connectivity index (χ0) is 15.1. The Bertz CT molecular complexity index is 635. The minimum Gasteiger partial charge on any atom is -0.496 e. The summed E-state index contributed by atoms with van der Waals surface area (Å²) in [6.45, 7) is 0.438. The molecule has 0 atom stereocenters. The van der Waals surface area contributed by atoms with Gasteiger partial charge in [-0.15, -0.1) is 0 Å². The Labute approximate surface area is 132 Å². The zero-order valence-electron chi connectivity index (χ0n) is 11.7. The number of benzene rings is 2. The molecule has 1 N–H and O–H groups in total. The number of methoxy groups -OCH3 is 1. The number of ether oxygens (including phenoxy) is 1. The lowest BCUT2D eigenvalue weighted by Crippen LogP contribution is -2.20. The van der Waals surface area contributed by atoms with Gasteiger partial charge in [0.25, 0.3) is 0 Å². The summed E-state index contributed by atoms with van der Waals surface area (Å²) in [5.41, 5.74) is 1.93. The van der Waals surface area contributed by atoms with Gasteiger partial charge in [-0.2, -0.15) is 0 Å². The lowest BCUT2D eigenvalue weighted by atomic mass is 10.2. The van der Waals surface area contributed by atoms with Gasteiger partial charge in [-0.1, -0.05) is 46.3 Å². The maximum Gasteiger partial charge on any atom is 0.244 e. The first-order valence-corrected chi connectivity index (χ1v) is 7.31. The van der Waals surface area contributed by atoms with E-state index in [1.165, 1.54) is 6.08 Å². The van der Waals surface area contributed by atoms with Crippen LogP contribution in [0.3, 0.4) is 0 Å². The minimum absolute atomic E-state index is 0.135. The van der Waals surface area contributed by atoms with E-state index in [2.05, 4.69) is 21.2 Å². The summed E-state index contributed by atoms with van der Waals surface area (Å²) >= 11 is 3.37. The molecule has 0 saturated heterocycles. The lowest BCUT2D eigenvalue weighted by Gasteiger charge is -2.08. The molecule has 2 aromatic rings. The van der Waals surface area contributed by atoms with Crippen molar-refractivity contribution >= 4 is 27.9 Å². The number of hydrogen-bond acceptors (Lipinski definition) is 2. The fourth-order valence-corrected chi connectivity index (χ4v) is 2.10. The largest absolute Gasteiger partial charge is 0.496 e. The van der Waals surface area contributed by atoms with Gasteiger partial charge in [0.2, 0.25) is 5.91 Å². The number of hydrogen-bond donors (Lipinski definition) is 1. The SMILES string of the molecule is COc1ccccc1CNC(=O)/C=C/c1ccc(Br)cc1. The molecule has 1 amide bonds. The third kappa shape index (κ3) is 4.76. The molecule has 0 aliphatic carbocycles. The monoisotopic (exact) mass is 345 g/mol. The van der Waals surface area contributed by atoms with E-state index in [1.54, 1.807) is 13.2 Å². The van der Waals surface area contributed by atoms with Crippen LogP contribution in [0.2, 0.25) is 0 Å². The summed E-state index contributed by atoms with van der Waals surface area (Å²) < 4.78 is 6.26. The van der Waals surface area contributed by atoms with Crippen molar-refractivity contribution in [3.8, 4) is 5.75 Å². The number of rotatable bonds is 5. The van der Waals surface area contributed by atoms with Crippen LogP contribution in [0.25, 0.3) is 6.08 Å². The molecule has 0 unspecified atom stereocenters. The molecule has 0 saturated carbocycles. The highest BCUT2D eigenvalue weighted by atomic mass is 79.9. The summed E-state index contributed by atoms with van der Waals surface area (Å²) in [6.07, 6.45) is 3.31. The van der Waals surface area contributed by atoms with Crippen LogP contribution < -0.4 is 10.1 Å². The number of halogens is 1. The molecular formula is C17H16BrNO2. The second kappa shape index (κ2) is 7.64. The lowest BCUT2D eigenvalue weighted by molar-refractivity contribution is -0.116. The van der Waals surface area contributed by atoms with Gasteiger partial charge in [0.15, 0.2) is 0 Å². The van der Waals surface area contributed by atoms with Crippen LogP contribution in [0, 0.1) is 0 Å². The third-order valence-electron chi connectivity index (χ3n) is 2.94. The van der Waals surface area contributed by atoms with Crippen molar-refractivity contribution < 1.29 is 9.53 Å². The first-order chi connectivity index (χ1) is 10.2. The van der Waals surface area contributed by atoms with E-state index in [1.807, 2.05) is 48.5 Å². The predicted octanol–water partition coefficient (Wildman–Crippen LogP) is 3.79. The van der Waals surface area contributed by atoms with Crippen molar-refractivity contribution in [2.24, 2.45) is 0 Å². The van der Waals surface area contributed by atoms with Crippen molar-refractivity contribution in [1.82, 2.24) is 5.32 Å². The average molecular weight is 346 g/mol. The Hall–Kier alpha value is -2.07. The van der Waals surface area contributed by atoms with Crippen LogP contribution in [0.5, 0.6) is 5.75 Å². The molecule has 2 rings (SSSR count). The molecule has 0 heterocycles. The standard InChI is InChI=1S/C17H16BrNO2/c1-21-16-5-3-2-4-14(16)12-19-17(20)11-8-13-6-9-15(18)10-7-13/h2-11H,12H2,1H3,(H,19,20)/b11-8+. The summed E-state index contributed by atoms with van der Waals surface area (Å²) in [4.78, 5) is 11.8. The molecule has 108 valence electrons. The number of amides is 1. The van der Waals surface area contributed by atoms with Crippen molar-refractivity contribution in [1.29, 1.82) is 0 Å². The van der Waals surface area contributed by atoms with E-state index >= 15 is 0 Å². The fraction of sp³-hybridized carbons (Fsp3) is 0.118. The van der Waals surface area contributed by atoms with Crippen LogP contribution in [-0.4, -0.2) is 13.0 Å². The summed E-state index contributed by atoms with van der Waals surface area (Å²) in [5, 5.41) is 2.84.